The number of nitrogens with zero attached hydrogens (tertiary/aromatic N) is 2. The number of aromatic nitrogens is 2. The quantitative estimate of drug-likeness (QED) is 0.789. The van der Waals surface area contributed by atoms with Crippen LogP contribution in [0.5, 0.6) is 0 Å². The second-order valence-corrected chi connectivity index (χ2v) is 5.52. The molecule has 1 aromatic heterocycles. The normalized spacial score (nSPS) is 10.5. The summed E-state index contributed by atoms with van der Waals surface area (Å²) in [7, 11) is 1.84. The Hall–Kier alpha value is -0.940. The lowest BCUT2D eigenvalue weighted by Crippen LogP contribution is -2.03. The van der Waals surface area contributed by atoms with Crippen LogP contribution in [0.3, 0.4) is 0 Å². The van der Waals surface area contributed by atoms with Crippen molar-refractivity contribution in [1.29, 1.82) is 0 Å². The molecule has 0 unspecified atom stereocenters. The van der Waals surface area contributed by atoms with Gasteiger partial charge in [0, 0.05) is 34.2 Å². The van der Waals surface area contributed by atoms with Crippen molar-refractivity contribution in [2.24, 2.45) is 7.05 Å². The summed E-state index contributed by atoms with van der Waals surface area (Å²) in [6, 6.07) is 5.55. The van der Waals surface area contributed by atoms with Gasteiger partial charge < -0.3 is 0 Å². The molecule has 2 rings (SSSR count). The molecule has 0 aliphatic carbocycles. The van der Waals surface area contributed by atoms with Crippen molar-refractivity contribution in [3.05, 3.63) is 50.7 Å². The van der Waals surface area contributed by atoms with Gasteiger partial charge in [-0.1, -0.05) is 31.9 Å². The van der Waals surface area contributed by atoms with Gasteiger partial charge in [-0.15, -0.1) is 0 Å². The lowest BCUT2D eigenvalue weighted by Gasteiger charge is -2.03. The van der Waals surface area contributed by atoms with E-state index in [9.17, 15) is 4.79 Å². The lowest BCUT2D eigenvalue weighted by atomic mass is 10.1. The van der Waals surface area contributed by atoms with Gasteiger partial charge in [0.05, 0.1) is 6.20 Å². The van der Waals surface area contributed by atoms with Crippen LogP contribution >= 0.6 is 31.9 Å². The molecule has 0 saturated heterocycles. The Labute approximate surface area is 116 Å². The van der Waals surface area contributed by atoms with Gasteiger partial charge in [-0.2, -0.15) is 5.10 Å². The number of rotatable bonds is 3. The zero-order valence-corrected chi connectivity index (χ0v) is 12.3. The van der Waals surface area contributed by atoms with E-state index in [1.807, 2.05) is 31.4 Å². The molecule has 3 nitrogen and oxygen atoms in total. The first kappa shape index (κ1) is 12.5. The fourth-order valence-corrected chi connectivity index (χ4v) is 2.83. The lowest BCUT2D eigenvalue weighted by molar-refractivity contribution is 0.0992. The van der Waals surface area contributed by atoms with Crippen molar-refractivity contribution in [3.8, 4) is 0 Å². The first-order valence-corrected chi connectivity index (χ1v) is 6.60. The van der Waals surface area contributed by atoms with Crippen molar-refractivity contribution < 1.29 is 4.79 Å². The fraction of sp³-hybridized carbons (Fsp3) is 0.167. The van der Waals surface area contributed by atoms with Crippen LogP contribution in [-0.2, 0) is 13.5 Å². The highest BCUT2D eigenvalue weighted by atomic mass is 79.9. The van der Waals surface area contributed by atoms with Crippen LogP contribution in [0.15, 0.2) is 39.5 Å². The number of hydrogen-bond acceptors (Lipinski definition) is 2. The van der Waals surface area contributed by atoms with E-state index in [1.165, 1.54) is 0 Å². The first-order valence-electron chi connectivity index (χ1n) is 5.02. The van der Waals surface area contributed by atoms with Gasteiger partial charge in [0.2, 0.25) is 0 Å². The molecule has 0 amide bonds. The molecule has 0 fully saturated rings. The van der Waals surface area contributed by atoms with Crippen LogP contribution in [0.2, 0.25) is 0 Å². The van der Waals surface area contributed by atoms with Crippen molar-refractivity contribution in [1.82, 2.24) is 9.78 Å². The molecule has 0 bridgehead atoms. The van der Waals surface area contributed by atoms with Crippen LogP contribution < -0.4 is 0 Å². The van der Waals surface area contributed by atoms with E-state index in [0.29, 0.717) is 12.0 Å². The standard InChI is InChI=1S/C12H10Br2N2O/c1-16-7-8(6-15-16)4-12(17)10-3-2-9(13)5-11(10)14/h2-3,5-7H,4H2,1H3. The molecule has 1 aromatic carbocycles. The highest BCUT2D eigenvalue weighted by molar-refractivity contribution is 9.11. The van der Waals surface area contributed by atoms with Gasteiger partial charge >= 0.3 is 0 Å². The average Bonchev–Trinajstić information content (AvgIpc) is 2.63. The smallest absolute Gasteiger partial charge is 0.168 e. The molecule has 0 atom stereocenters. The summed E-state index contributed by atoms with van der Waals surface area (Å²) in [5, 5.41) is 4.05. The van der Waals surface area contributed by atoms with Crippen LogP contribution in [0.1, 0.15) is 15.9 Å². The Balaban J connectivity index is 2.20. The second kappa shape index (κ2) is 5.14. The summed E-state index contributed by atoms with van der Waals surface area (Å²) in [5.41, 5.74) is 1.62. The van der Waals surface area contributed by atoms with Gasteiger partial charge in [0.25, 0.3) is 0 Å². The van der Waals surface area contributed by atoms with Gasteiger partial charge in [-0.25, -0.2) is 0 Å². The highest BCUT2D eigenvalue weighted by Gasteiger charge is 2.11. The summed E-state index contributed by atoms with van der Waals surface area (Å²) in [5.74, 6) is 0.0809. The van der Waals surface area contributed by atoms with E-state index < -0.39 is 0 Å². The van der Waals surface area contributed by atoms with E-state index in [2.05, 4.69) is 37.0 Å². The summed E-state index contributed by atoms with van der Waals surface area (Å²) >= 11 is 6.76. The Morgan fingerprint density at radius 1 is 1.41 bits per heavy atom. The Morgan fingerprint density at radius 3 is 2.76 bits per heavy atom. The zero-order chi connectivity index (χ0) is 12.4. The molecule has 17 heavy (non-hydrogen) atoms. The SMILES string of the molecule is Cn1cc(CC(=O)c2ccc(Br)cc2Br)cn1. The molecule has 0 spiro atoms. The molecular weight excluding hydrogens is 348 g/mol. The summed E-state index contributed by atoms with van der Waals surface area (Å²) in [4.78, 5) is 12.1. The maximum Gasteiger partial charge on any atom is 0.168 e. The summed E-state index contributed by atoms with van der Waals surface area (Å²) < 4.78 is 3.45. The molecule has 0 aliphatic heterocycles. The third-order valence-corrected chi connectivity index (χ3v) is 3.50. The number of hydrogen-bond donors (Lipinski definition) is 0. The average molecular weight is 358 g/mol. The Kier molecular flexibility index (Phi) is 3.79. The predicted octanol–water partition coefficient (Wildman–Crippen LogP) is 3.37. The van der Waals surface area contributed by atoms with Gasteiger partial charge in [0.1, 0.15) is 0 Å². The molecule has 0 radical (unpaired) electrons. The minimum atomic E-state index is 0.0809. The van der Waals surface area contributed by atoms with Crippen molar-refractivity contribution in [3.63, 3.8) is 0 Å². The zero-order valence-electron chi connectivity index (χ0n) is 9.15. The molecule has 88 valence electrons. The number of Topliss-reactive ketones (excluding diaryl/α,β-unsaturated/α-hetero) is 1. The Bertz CT molecular complexity index is 563. The van der Waals surface area contributed by atoms with E-state index >= 15 is 0 Å². The number of benzene rings is 1. The van der Waals surface area contributed by atoms with Gasteiger partial charge in [-0.3, -0.25) is 9.48 Å². The molecule has 2 aromatic rings. The number of halogens is 2. The monoisotopic (exact) mass is 356 g/mol. The highest BCUT2D eigenvalue weighted by Crippen LogP contribution is 2.23. The fourth-order valence-electron chi connectivity index (χ4n) is 1.56. The second-order valence-electron chi connectivity index (χ2n) is 3.75. The molecule has 5 heteroatoms. The van der Waals surface area contributed by atoms with Crippen molar-refractivity contribution in [2.75, 3.05) is 0 Å². The number of carbonyl (C=O) groups excluding carboxylic acids is 1. The van der Waals surface area contributed by atoms with E-state index in [0.717, 1.165) is 14.5 Å². The number of aryl methyl sites for hydroxylation is 1. The maximum absolute atomic E-state index is 12.1. The molecule has 0 saturated carbocycles. The summed E-state index contributed by atoms with van der Waals surface area (Å²) in [6.07, 6.45) is 3.93. The minimum Gasteiger partial charge on any atom is -0.294 e. The van der Waals surface area contributed by atoms with Gasteiger partial charge in [-0.05, 0) is 23.8 Å². The third kappa shape index (κ3) is 3.04. The topological polar surface area (TPSA) is 34.9 Å². The van der Waals surface area contributed by atoms with Crippen molar-refractivity contribution in [2.45, 2.75) is 6.42 Å². The van der Waals surface area contributed by atoms with Crippen LogP contribution in [0.4, 0.5) is 0 Å². The van der Waals surface area contributed by atoms with E-state index in [-0.39, 0.29) is 5.78 Å². The van der Waals surface area contributed by atoms with E-state index in [1.54, 1.807) is 10.9 Å². The first-order chi connectivity index (χ1) is 8.06. The minimum absolute atomic E-state index is 0.0809. The molecule has 0 aliphatic rings. The van der Waals surface area contributed by atoms with Crippen LogP contribution in [-0.4, -0.2) is 15.6 Å². The number of carbonyl (C=O) groups is 1. The number of ketones is 1. The maximum atomic E-state index is 12.1. The Morgan fingerprint density at radius 2 is 2.18 bits per heavy atom. The predicted molar refractivity (Wildman–Crippen MR) is 73.1 cm³/mol. The van der Waals surface area contributed by atoms with Gasteiger partial charge in [0.15, 0.2) is 5.78 Å². The van der Waals surface area contributed by atoms with Crippen LogP contribution in [0, 0.1) is 0 Å². The molecular formula is C12H10Br2N2O. The third-order valence-electron chi connectivity index (χ3n) is 2.35. The largest absolute Gasteiger partial charge is 0.294 e. The molecule has 0 N–H and O–H groups in total. The molecule has 1 heterocycles. The summed E-state index contributed by atoms with van der Waals surface area (Å²) in [6.45, 7) is 0. The van der Waals surface area contributed by atoms with Crippen LogP contribution in [0.25, 0.3) is 0 Å². The van der Waals surface area contributed by atoms with E-state index in [4.69, 9.17) is 0 Å². The van der Waals surface area contributed by atoms with Crippen molar-refractivity contribution >= 4 is 37.6 Å².